The molecule has 0 aromatic heterocycles. The van der Waals surface area contributed by atoms with E-state index in [1.165, 1.54) is 0 Å². The van der Waals surface area contributed by atoms with E-state index >= 15 is 0 Å². The van der Waals surface area contributed by atoms with Crippen molar-refractivity contribution in [3.8, 4) is 45.6 Å². The number of nitro benzene ring substituents is 2. The van der Waals surface area contributed by atoms with Gasteiger partial charge in [-0.3, -0.25) is 20.2 Å². The zero-order valence-electron chi connectivity index (χ0n) is 19.0. The summed E-state index contributed by atoms with van der Waals surface area (Å²) in [5, 5.41) is 24.3. The van der Waals surface area contributed by atoms with Gasteiger partial charge in [0.05, 0.1) is 49.4 Å². The summed E-state index contributed by atoms with van der Waals surface area (Å²) in [6.07, 6.45) is 0. The number of fused-ring (bicyclic) bond motifs is 2. The molecule has 0 aliphatic carbocycles. The van der Waals surface area contributed by atoms with Gasteiger partial charge < -0.3 is 37.9 Å². The van der Waals surface area contributed by atoms with E-state index in [9.17, 15) is 29.8 Å². The molecule has 0 spiro atoms. The van der Waals surface area contributed by atoms with Gasteiger partial charge in [-0.2, -0.15) is 0 Å². The van der Waals surface area contributed by atoms with Crippen LogP contribution in [0.25, 0.3) is 11.1 Å². The van der Waals surface area contributed by atoms with Gasteiger partial charge in [-0.25, -0.2) is 9.59 Å². The van der Waals surface area contributed by atoms with Gasteiger partial charge in [0.2, 0.25) is 36.6 Å². The SMILES string of the molecule is COC(=O)c1c(-c2c3c(c(OC)c([N+](=O)[O-])c2C(=O)OC)OCO3)c2c(c(OC)c1[N+](=O)[O-])OCO2. The summed E-state index contributed by atoms with van der Waals surface area (Å²) in [7, 11) is 4.10. The van der Waals surface area contributed by atoms with Crippen molar-refractivity contribution in [3.63, 3.8) is 0 Å². The molecule has 0 saturated heterocycles. The Kier molecular flexibility index (Phi) is 6.01. The van der Waals surface area contributed by atoms with Crippen LogP contribution < -0.4 is 28.4 Å². The van der Waals surface area contributed by atoms with Crippen LogP contribution in [-0.4, -0.2) is 63.8 Å². The molecule has 0 unspecified atom stereocenters. The van der Waals surface area contributed by atoms with Gasteiger partial charge in [0.15, 0.2) is 22.6 Å². The Bertz CT molecular complexity index is 1230. The Labute approximate surface area is 200 Å². The van der Waals surface area contributed by atoms with E-state index in [0.717, 1.165) is 28.4 Å². The summed E-state index contributed by atoms with van der Waals surface area (Å²) < 4.78 is 41.5. The summed E-state index contributed by atoms with van der Waals surface area (Å²) in [6, 6.07) is 0. The fraction of sp³-hybridized carbons (Fsp3) is 0.300. The van der Waals surface area contributed by atoms with Crippen molar-refractivity contribution in [2.75, 3.05) is 42.0 Å². The quantitative estimate of drug-likeness (QED) is 0.300. The van der Waals surface area contributed by atoms with Crippen molar-refractivity contribution >= 4 is 23.3 Å². The van der Waals surface area contributed by atoms with Gasteiger partial charge in [0.1, 0.15) is 0 Å². The van der Waals surface area contributed by atoms with Gasteiger partial charge in [-0.05, 0) is 0 Å². The van der Waals surface area contributed by atoms with Crippen LogP contribution in [0.15, 0.2) is 0 Å². The second-order valence-electron chi connectivity index (χ2n) is 6.89. The van der Waals surface area contributed by atoms with Crippen LogP contribution >= 0.6 is 0 Å². The van der Waals surface area contributed by atoms with Crippen molar-refractivity contribution in [1.29, 1.82) is 0 Å². The zero-order chi connectivity index (χ0) is 26.3. The lowest BCUT2D eigenvalue weighted by Crippen LogP contribution is -2.14. The van der Waals surface area contributed by atoms with Crippen molar-refractivity contribution in [3.05, 3.63) is 31.4 Å². The predicted octanol–water partition coefficient (Wildman–Crippen LogP) is 2.22. The molecule has 2 aromatic rings. The Morgan fingerprint density at radius 1 is 0.667 bits per heavy atom. The maximum Gasteiger partial charge on any atom is 0.345 e. The van der Waals surface area contributed by atoms with Crippen LogP contribution in [0.5, 0.6) is 34.5 Å². The van der Waals surface area contributed by atoms with Gasteiger partial charge >= 0.3 is 23.3 Å². The van der Waals surface area contributed by atoms with Gasteiger partial charge in [-0.1, -0.05) is 0 Å². The Morgan fingerprint density at radius 2 is 1.00 bits per heavy atom. The Hall–Kier alpha value is -5.02. The Balaban J connectivity index is 2.34. The molecule has 36 heavy (non-hydrogen) atoms. The Morgan fingerprint density at radius 3 is 1.28 bits per heavy atom. The number of ether oxygens (including phenoxy) is 8. The van der Waals surface area contributed by atoms with E-state index in [1.54, 1.807) is 0 Å². The number of benzene rings is 2. The third kappa shape index (κ3) is 3.29. The summed E-state index contributed by atoms with van der Waals surface area (Å²) in [4.78, 5) is 48.3. The van der Waals surface area contributed by atoms with Crippen molar-refractivity contribution in [1.82, 2.24) is 0 Å². The average Bonchev–Trinajstić information content (AvgIpc) is 3.54. The van der Waals surface area contributed by atoms with Crippen LogP contribution in [0.1, 0.15) is 20.7 Å². The summed E-state index contributed by atoms with van der Waals surface area (Å²) in [5.41, 5.74) is -4.29. The number of nitro groups is 2. The number of rotatable bonds is 7. The molecule has 4 rings (SSSR count). The van der Waals surface area contributed by atoms with E-state index in [-0.39, 0.29) is 23.0 Å². The molecule has 0 saturated carbocycles. The molecule has 0 atom stereocenters. The minimum atomic E-state index is -1.25. The van der Waals surface area contributed by atoms with Crippen LogP contribution in [-0.2, 0) is 9.47 Å². The normalized spacial score (nSPS) is 12.7. The molecule has 0 N–H and O–H groups in total. The largest absolute Gasteiger partial charge is 0.487 e. The van der Waals surface area contributed by atoms with Crippen LogP contribution in [0.3, 0.4) is 0 Å². The first-order valence-corrected chi connectivity index (χ1v) is 9.76. The first-order chi connectivity index (χ1) is 17.2. The maximum atomic E-state index is 13.0. The fourth-order valence-corrected chi connectivity index (χ4v) is 3.98. The molecule has 2 aliphatic heterocycles. The maximum absolute atomic E-state index is 13.0. The lowest BCUT2D eigenvalue weighted by atomic mass is 9.89. The van der Waals surface area contributed by atoms with E-state index in [4.69, 9.17) is 37.9 Å². The highest BCUT2D eigenvalue weighted by atomic mass is 16.7. The topological polar surface area (TPSA) is 194 Å². The van der Waals surface area contributed by atoms with E-state index in [0.29, 0.717) is 0 Å². The molecule has 0 radical (unpaired) electrons. The molecule has 2 aliphatic rings. The number of hydrogen-bond acceptors (Lipinski definition) is 14. The second kappa shape index (κ2) is 8.97. The van der Waals surface area contributed by atoms with Crippen molar-refractivity contribution in [2.45, 2.75) is 0 Å². The lowest BCUT2D eigenvalue weighted by Gasteiger charge is -2.19. The monoisotopic (exact) mass is 508 g/mol. The number of carbonyl (C=O) groups is 2. The van der Waals surface area contributed by atoms with E-state index in [2.05, 4.69) is 0 Å². The number of methoxy groups -OCH3 is 4. The number of esters is 2. The first kappa shape index (κ1) is 24.1. The highest BCUT2D eigenvalue weighted by Gasteiger charge is 2.47. The highest BCUT2D eigenvalue weighted by molar-refractivity contribution is 6.13. The zero-order valence-corrected chi connectivity index (χ0v) is 19.0. The fourth-order valence-electron chi connectivity index (χ4n) is 3.98. The molecular weight excluding hydrogens is 492 g/mol. The summed E-state index contributed by atoms with van der Waals surface area (Å²) in [5.74, 6) is -4.67. The molecule has 2 heterocycles. The lowest BCUT2D eigenvalue weighted by molar-refractivity contribution is -0.386. The van der Waals surface area contributed by atoms with Gasteiger partial charge in [0.25, 0.3) is 0 Å². The minimum Gasteiger partial charge on any atom is -0.487 e. The predicted molar refractivity (Wildman–Crippen MR) is 113 cm³/mol. The molecule has 2 aromatic carbocycles. The highest BCUT2D eigenvalue weighted by Crippen LogP contribution is 2.61. The van der Waals surface area contributed by atoms with Crippen LogP contribution in [0.2, 0.25) is 0 Å². The number of hydrogen-bond donors (Lipinski definition) is 0. The third-order valence-electron chi connectivity index (χ3n) is 5.30. The molecule has 0 bridgehead atoms. The second-order valence-corrected chi connectivity index (χ2v) is 6.89. The van der Waals surface area contributed by atoms with Crippen molar-refractivity contribution < 1.29 is 57.3 Å². The molecule has 16 nitrogen and oxygen atoms in total. The van der Waals surface area contributed by atoms with Gasteiger partial charge in [0, 0.05) is 0 Å². The summed E-state index contributed by atoms with van der Waals surface area (Å²) >= 11 is 0. The minimum absolute atomic E-state index is 0.297. The first-order valence-electron chi connectivity index (χ1n) is 9.76. The molecule has 0 amide bonds. The smallest absolute Gasteiger partial charge is 0.345 e. The van der Waals surface area contributed by atoms with Gasteiger partial charge in [-0.15, -0.1) is 0 Å². The molecule has 190 valence electrons. The molecule has 0 fully saturated rings. The van der Waals surface area contributed by atoms with Crippen molar-refractivity contribution in [2.24, 2.45) is 0 Å². The van der Waals surface area contributed by atoms with E-state index < -0.39 is 80.5 Å². The van der Waals surface area contributed by atoms with Crippen LogP contribution in [0.4, 0.5) is 11.4 Å². The van der Waals surface area contributed by atoms with E-state index in [1.807, 2.05) is 0 Å². The molecular formula is C20H16N2O14. The number of nitrogens with zero attached hydrogens (tertiary/aromatic N) is 2. The number of carbonyl (C=O) groups excluding carboxylic acids is 2. The standard InChI is InChI=1S/C20H16N2O14/c1-29-15-11(21(25)26)9(19(23)31-3)7(13-17(15)35-5-33-13)8-10(20(24)32-4)12(22(27)28)16(30-2)18-14(8)34-6-36-18/h5-6H2,1-4H3. The van der Waals surface area contributed by atoms with Crippen LogP contribution in [0, 0.1) is 20.2 Å². The summed E-state index contributed by atoms with van der Waals surface area (Å²) in [6.45, 7) is -0.933. The molecule has 16 heteroatoms. The average molecular weight is 508 g/mol. The third-order valence-corrected chi connectivity index (χ3v) is 5.30.